The molecule has 3 nitrogen and oxygen atoms in total. The summed E-state index contributed by atoms with van der Waals surface area (Å²) in [5.41, 5.74) is 2.21. The molecule has 1 N–H and O–H groups in total. The normalized spacial score (nSPS) is 13.2. The average Bonchev–Trinajstić information content (AvgIpc) is 2.77. The number of nitrogens with zero attached hydrogens (tertiary/aromatic N) is 2. The predicted molar refractivity (Wildman–Crippen MR) is 91.9 cm³/mol. The summed E-state index contributed by atoms with van der Waals surface area (Å²) < 4.78 is 2.26. The fourth-order valence-corrected chi connectivity index (χ4v) is 3.46. The van der Waals surface area contributed by atoms with Crippen molar-refractivity contribution in [2.24, 2.45) is 5.92 Å². The lowest BCUT2D eigenvalue weighted by atomic mass is 10.2. The molecule has 0 aliphatic heterocycles. The van der Waals surface area contributed by atoms with Gasteiger partial charge < -0.3 is 9.67 Å². The van der Waals surface area contributed by atoms with Gasteiger partial charge in [0.2, 0.25) is 0 Å². The van der Waals surface area contributed by atoms with Gasteiger partial charge in [-0.1, -0.05) is 32.9 Å². The first-order chi connectivity index (χ1) is 10.1. The Kier molecular flexibility index (Phi) is 6.12. The number of hydrogen-bond acceptors (Lipinski definition) is 3. The van der Waals surface area contributed by atoms with Crippen LogP contribution < -0.4 is 0 Å². The lowest BCUT2D eigenvalue weighted by molar-refractivity contribution is 0.196. The number of fused-ring (bicyclic) bond motifs is 1. The Bertz CT molecular complexity index is 565. The Morgan fingerprint density at radius 2 is 2.00 bits per heavy atom. The highest BCUT2D eigenvalue weighted by molar-refractivity contribution is 7.99. The highest BCUT2D eigenvalue weighted by Gasteiger charge is 2.14. The van der Waals surface area contributed by atoms with E-state index in [-0.39, 0.29) is 6.10 Å². The van der Waals surface area contributed by atoms with Crippen LogP contribution in [0.2, 0.25) is 0 Å². The maximum Gasteiger partial charge on any atom is 0.112 e. The number of benzene rings is 1. The van der Waals surface area contributed by atoms with Crippen LogP contribution in [0, 0.1) is 5.92 Å². The maximum atomic E-state index is 10.3. The van der Waals surface area contributed by atoms with Crippen molar-refractivity contribution >= 4 is 22.8 Å². The third kappa shape index (κ3) is 4.48. The second-order valence-electron chi connectivity index (χ2n) is 5.96. The van der Waals surface area contributed by atoms with Gasteiger partial charge in [0.05, 0.1) is 17.1 Å². The molecule has 0 bridgehead atoms. The molecular formula is C17H26N2OS. The van der Waals surface area contributed by atoms with Crippen LogP contribution in [0.1, 0.15) is 33.0 Å². The van der Waals surface area contributed by atoms with Crippen LogP contribution in [0.4, 0.5) is 0 Å². The molecule has 0 saturated heterocycles. The summed E-state index contributed by atoms with van der Waals surface area (Å²) in [5, 5.41) is 10.3. The number of imidazole rings is 1. The van der Waals surface area contributed by atoms with Gasteiger partial charge in [0.1, 0.15) is 5.82 Å². The Balaban J connectivity index is 2.08. The second-order valence-corrected chi connectivity index (χ2v) is 7.03. The fourth-order valence-electron chi connectivity index (χ4n) is 2.46. The molecule has 1 atom stereocenters. The molecule has 116 valence electrons. The summed E-state index contributed by atoms with van der Waals surface area (Å²) >= 11 is 1.83. The van der Waals surface area contributed by atoms with Crippen LogP contribution in [0.15, 0.2) is 24.3 Å². The van der Waals surface area contributed by atoms with Gasteiger partial charge in [-0.15, -0.1) is 0 Å². The molecule has 0 fully saturated rings. The number of aryl methyl sites for hydroxylation is 1. The van der Waals surface area contributed by atoms with Crippen LogP contribution in [0.25, 0.3) is 11.0 Å². The molecule has 2 aromatic rings. The molecule has 1 heterocycles. The maximum absolute atomic E-state index is 10.3. The summed E-state index contributed by atoms with van der Waals surface area (Å²) in [6, 6.07) is 8.23. The van der Waals surface area contributed by atoms with Crippen molar-refractivity contribution in [2.75, 3.05) is 11.5 Å². The minimum atomic E-state index is -0.318. The largest absolute Gasteiger partial charge is 0.392 e. The predicted octanol–water partition coefficient (Wildman–Crippen LogP) is 3.74. The summed E-state index contributed by atoms with van der Waals surface area (Å²) in [7, 11) is 0. The number of para-hydroxylation sites is 2. The number of rotatable bonds is 8. The van der Waals surface area contributed by atoms with E-state index in [0.29, 0.717) is 12.3 Å². The zero-order chi connectivity index (χ0) is 15.2. The molecule has 21 heavy (non-hydrogen) atoms. The van der Waals surface area contributed by atoms with Gasteiger partial charge in [-0.3, -0.25) is 0 Å². The first-order valence-corrected chi connectivity index (χ1v) is 8.97. The van der Waals surface area contributed by atoms with Crippen molar-refractivity contribution < 1.29 is 5.11 Å². The van der Waals surface area contributed by atoms with E-state index in [2.05, 4.69) is 37.5 Å². The number of aromatic nitrogens is 2. The molecule has 0 radical (unpaired) electrons. The van der Waals surface area contributed by atoms with E-state index in [4.69, 9.17) is 4.98 Å². The van der Waals surface area contributed by atoms with Gasteiger partial charge in [-0.2, -0.15) is 11.8 Å². The molecule has 2 rings (SSSR count). The minimum Gasteiger partial charge on any atom is -0.392 e. The van der Waals surface area contributed by atoms with Crippen LogP contribution >= 0.6 is 11.8 Å². The quantitative estimate of drug-likeness (QED) is 0.807. The SMILES string of the molecule is CCCn1c(CC(O)CSCC(C)C)nc2ccccc21. The van der Waals surface area contributed by atoms with E-state index in [1.165, 1.54) is 5.52 Å². The molecule has 0 saturated carbocycles. The van der Waals surface area contributed by atoms with E-state index >= 15 is 0 Å². The lowest BCUT2D eigenvalue weighted by Crippen LogP contribution is -2.18. The number of aliphatic hydroxyl groups is 1. The Labute approximate surface area is 131 Å². The zero-order valence-electron chi connectivity index (χ0n) is 13.2. The Hall–Kier alpha value is -1.00. The molecule has 0 spiro atoms. The first kappa shape index (κ1) is 16.4. The highest BCUT2D eigenvalue weighted by atomic mass is 32.2. The average molecular weight is 306 g/mol. The summed E-state index contributed by atoms with van der Waals surface area (Å²) in [4.78, 5) is 4.71. The molecule has 1 unspecified atom stereocenters. The van der Waals surface area contributed by atoms with Gasteiger partial charge in [0, 0.05) is 18.7 Å². The first-order valence-electron chi connectivity index (χ1n) is 7.81. The Morgan fingerprint density at radius 1 is 1.24 bits per heavy atom. The molecule has 1 aromatic heterocycles. The molecule has 1 aromatic carbocycles. The molecule has 0 aliphatic rings. The molecular weight excluding hydrogens is 280 g/mol. The van der Waals surface area contributed by atoms with Crippen LogP contribution in [0.5, 0.6) is 0 Å². The van der Waals surface area contributed by atoms with Crippen molar-refractivity contribution in [3.8, 4) is 0 Å². The highest BCUT2D eigenvalue weighted by Crippen LogP contribution is 2.19. The van der Waals surface area contributed by atoms with Gasteiger partial charge in [0.25, 0.3) is 0 Å². The standard InChI is InChI=1S/C17H26N2OS/c1-4-9-19-16-8-6-5-7-15(16)18-17(19)10-14(20)12-21-11-13(2)3/h5-8,13-14,20H,4,9-12H2,1-3H3. The minimum absolute atomic E-state index is 0.318. The second kappa shape index (κ2) is 7.85. The molecule has 0 aliphatic carbocycles. The van der Waals surface area contributed by atoms with Crippen LogP contribution in [0.3, 0.4) is 0 Å². The summed E-state index contributed by atoms with van der Waals surface area (Å²) in [5.74, 6) is 3.57. The number of hydrogen-bond donors (Lipinski definition) is 1. The van der Waals surface area contributed by atoms with Crippen molar-refractivity contribution in [1.82, 2.24) is 9.55 Å². The van der Waals surface area contributed by atoms with Gasteiger partial charge in [0.15, 0.2) is 0 Å². The Morgan fingerprint density at radius 3 is 2.71 bits per heavy atom. The van der Waals surface area contributed by atoms with E-state index in [9.17, 15) is 5.11 Å². The molecule has 4 heteroatoms. The molecule has 0 amide bonds. The van der Waals surface area contributed by atoms with Crippen LogP contribution in [-0.4, -0.2) is 32.3 Å². The monoisotopic (exact) mass is 306 g/mol. The summed E-state index contributed by atoms with van der Waals surface area (Å²) in [6.45, 7) is 7.55. The fraction of sp³-hybridized carbons (Fsp3) is 0.588. The summed E-state index contributed by atoms with van der Waals surface area (Å²) in [6.07, 6.45) is 1.40. The van der Waals surface area contributed by atoms with E-state index < -0.39 is 0 Å². The number of aliphatic hydroxyl groups excluding tert-OH is 1. The smallest absolute Gasteiger partial charge is 0.112 e. The van der Waals surface area contributed by atoms with E-state index in [1.54, 1.807) is 0 Å². The topological polar surface area (TPSA) is 38.0 Å². The van der Waals surface area contributed by atoms with Gasteiger partial charge >= 0.3 is 0 Å². The van der Waals surface area contributed by atoms with E-state index in [1.807, 2.05) is 23.9 Å². The third-order valence-electron chi connectivity index (χ3n) is 3.36. The van der Waals surface area contributed by atoms with Crippen molar-refractivity contribution in [3.63, 3.8) is 0 Å². The van der Waals surface area contributed by atoms with Gasteiger partial charge in [-0.25, -0.2) is 4.98 Å². The zero-order valence-corrected chi connectivity index (χ0v) is 14.1. The lowest BCUT2D eigenvalue weighted by Gasteiger charge is -2.13. The van der Waals surface area contributed by atoms with Crippen molar-refractivity contribution in [2.45, 2.75) is 46.3 Å². The number of thioether (sulfide) groups is 1. The van der Waals surface area contributed by atoms with Crippen molar-refractivity contribution in [1.29, 1.82) is 0 Å². The van der Waals surface area contributed by atoms with E-state index in [0.717, 1.165) is 35.8 Å². The van der Waals surface area contributed by atoms with Crippen molar-refractivity contribution in [3.05, 3.63) is 30.1 Å². The van der Waals surface area contributed by atoms with Gasteiger partial charge in [-0.05, 0) is 30.2 Å². The van der Waals surface area contributed by atoms with Crippen LogP contribution in [-0.2, 0) is 13.0 Å². The third-order valence-corrected chi connectivity index (χ3v) is 4.88.